The largest absolute Gasteiger partial charge is 0.507 e. The van der Waals surface area contributed by atoms with Crippen LogP contribution in [0.5, 0.6) is 5.75 Å². The average molecular weight is 263 g/mol. The summed E-state index contributed by atoms with van der Waals surface area (Å²) in [5.74, 6) is -0.291. The number of benzene rings is 1. The fraction of sp³-hybridized carbons (Fsp3) is 0.533. The number of rotatable bonds is 3. The van der Waals surface area contributed by atoms with Crippen LogP contribution in [0.2, 0.25) is 0 Å². The Morgan fingerprint density at radius 2 is 2.00 bits per heavy atom. The summed E-state index contributed by atoms with van der Waals surface area (Å²) in [6.07, 6.45) is 4.76. The lowest BCUT2D eigenvalue weighted by atomic mass is 9.82. The number of phenolic OH excluding ortho intramolecular Hbond substituents is 1. The maximum atomic E-state index is 12.3. The monoisotopic (exact) mass is 263 g/mol. The van der Waals surface area contributed by atoms with Gasteiger partial charge in [0.15, 0.2) is 0 Å². The lowest BCUT2D eigenvalue weighted by Gasteiger charge is -2.36. The van der Waals surface area contributed by atoms with E-state index in [2.05, 4.69) is 5.32 Å². The highest BCUT2D eigenvalue weighted by Crippen LogP contribution is 2.29. The average Bonchev–Trinajstić information content (AvgIpc) is 2.42. The summed E-state index contributed by atoms with van der Waals surface area (Å²) in [5, 5.41) is 22.4. The van der Waals surface area contributed by atoms with Gasteiger partial charge in [-0.1, -0.05) is 31.4 Å². The molecule has 0 aromatic heterocycles. The van der Waals surface area contributed by atoms with Crippen LogP contribution in [0.4, 0.5) is 0 Å². The minimum Gasteiger partial charge on any atom is -0.507 e. The predicted molar refractivity (Wildman–Crippen MR) is 73.2 cm³/mol. The summed E-state index contributed by atoms with van der Waals surface area (Å²) in [6, 6.07) is 5.11. The van der Waals surface area contributed by atoms with E-state index in [-0.39, 0.29) is 23.8 Å². The van der Waals surface area contributed by atoms with Crippen molar-refractivity contribution < 1.29 is 15.0 Å². The molecular formula is C15H21NO3. The molecule has 3 N–H and O–H groups in total. The van der Waals surface area contributed by atoms with Gasteiger partial charge >= 0.3 is 0 Å². The van der Waals surface area contributed by atoms with Crippen LogP contribution in [-0.2, 0) is 0 Å². The number of aromatic hydroxyl groups is 1. The number of phenols is 1. The van der Waals surface area contributed by atoms with E-state index in [0.717, 1.165) is 32.1 Å². The molecule has 0 radical (unpaired) electrons. The van der Waals surface area contributed by atoms with Crippen LogP contribution >= 0.6 is 0 Å². The zero-order chi connectivity index (χ0) is 13.9. The topological polar surface area (TPSA) is 69.6 Å². The first-order valence-electron chi connectivity index (χ1n) is 6.80. The quantitative estimate of drug-likeness (QED) is 0.782. The molecule has 104 valence electrons. The SMILES string of the molecule is Cc1cccc(C(=O)NC2(CO)CCCCC2)c1O. The molecule has 4 nitrogen and oxygen atoms in total. The first-order valence-corrected chi connectivity index (χ1v) is 6.80. The fourth-order valence-electron chi connectivity index (χ4n) is 2.70. The highest BCUT2D eigenvalue weighted by Gasteiger charge is 2.33. The maximum Gasteiger partial charge on any atom is 0.255 e. The molecule has 0 bridgehead atoms. The number of carbonyl (C=O) groups is 1. The highest BCUT2D eigenvalue weighted by atomic mass is 16.3. The van der Waals surface area contributed by atoms with E-state index in [1.54, 1.807) is 25.1 Å². The zero-order valence-electron chi connectivity index (χ0n) is 11.3. The third-order valence-corrected chi connectivity index (χ3v) is 3.97. The lowest BCUT2D eigenvalue weighted by molar-refractivity contribution is 0.0756. The van der Waals surface area contributed by atoms with Gasteiger partial charge in [0.1, 0.15) is 5.75 Å². The van der Waals surface area contributed by atoms with Crippen LogP contribution in [-0.4, -0.2) is 28.3 Å². The summed E-state index contributed by atoms with van der Waals surface area (Å²) in [4.78, 5) is 12.3. The molecule has 0 atom stereocenters. The third-order valence-electron chi connectivity index (χ3n) is 3.97. The van der Waals surface area contributed by atoms with Crippen LogP contribution in [0, 0.1) is 6.92 Å². The Bertz CT molecular complexity index is 464. The molecule has 1 aromatic rings. The van der Waals surface area contributed by atoms with Crippen molar-refractivity contribution in [1.82, 2.24) is 5.32 Å². The summed E-state index contributed by atoms with van der Waals surface area (Å²) >= 11 is 0. The van der Waals surface area contributed by atoms with Crippen molar-refractivity contribution in [3.63, 3.8) is 0 Å². The second-order valence-electron chi connectivity index (χ2n) is 5.42. The van der Waals surface area contributed by atoms with E-state index in [4.69, 9.17) is 0 Å². The molecule has 1 aliphatic carbocycles. The Balaban J connectivity index is 2.17. The molecule has 1 amide bonds. The summed E-state index contributed by atoms with van der Waals surface area (Å²) < 4.78 is 0. The first-order chi connectivity index (χ1) is 9.08. The molecule has 0 heterocycles. The van der Waals surface area contributed by atoms with Gasteiger partial charge in [0.2, 0.25) is 0 Å². The Morgan fingerprint density at radius 1 is 1.32 bits per heavy atom. The maximum absolute atomic E-state index is 12.3. The number of aryl methyl sites for hydroxylation is 1. The van der Waals surface area contributed by atoms with Crippen molar-refractivity contribution >= 4 is 5.91 Å². The number of amides is 1. The predicted octanol–water partition coefficient (Wildman–Crippen LogP) is 2.13. The summed E-state index contributed by atoms with van der Waals surface area (Å²) in [5.41, 5.74) is 0.429. The molecule has 0 unspecified atom stereocenters. The van der Waals surface area contributed by atoms with Gasteiger partial charge in [-0.3, -0.25) is 4.79 Å². The Morgan fingerprint density at radius 3 is 2.63 bits per heavy atom. The summed E-state index contributed by atoms with van der Waals surface area (Å²) in [6.45, 7) is 1.71. The fourth-order valence-corrected chi connectivity index (χ4v) is 2.70. The second-order valence-corrected chi connectivity index (χ2v) is 5.42. The van der Waals surface area contributed by atoms with Gasteiger partial charge in [0.25, 0.3) is 5.91 Å². The van der Waals surface area contributed by atoms with Crippen molar-refractivity contribution in [2.45, 2.75) is 44.6 Å². The molecule has 1 aliphatic rings. The van der Waals surface area contributed by atoms with Crippen LogP contribution in [0.15, 0.2) is 18.2 Å². The minimum atomic E-state index is -0.522. The molecule has 0 aliphatic heterocycles. The molecule has 0 saturated heterocycles. The number of aliphatic hydroxyl groups excluding tert-OH is 1. The number of aliphatic hydroxyl groups is 1. The van der Waals surface area contributed by atoms with Crippen LogP contribution in [0.1, 0.15) is 48.0 Å². The van der Waals surface area contributed by atoms with Crippen molar-refractivity contribution in [3.8, 4) is 5.75 Å². The summed E-state index contributed by atoms with van der Waals surface area (Å²) in [7, 11) is 0. The molecule has 1 saturated carbocycles. The second kappa shape index (κ2) is 5.61. The normalized spacial score (nSPS) is 18.0. The minimum absolute atomic E-state index is 0.0175. The molecule has 4 heteroatoms. The smallest absolute Gasteiger partial charge is 0.255 e. The Kier molecular flexibility index (Phi) is 4.10. The van der Waals surface area contributed by atoms with E-state index in [9.17, 15) is 15.0 Å². The van der Waals surface area contributed by atoms with Gasteiger partial charge in [-0.15, -0.1) is 0 Å². The van der Waals surface area contributed by atoms with E-state index in [0.29, 0.717) is 5.56 Å². The molecule has 2 rings (SSSR count). The van der Waals surface area contributed by atoms with Gasteiger partial charge < -0.3 is 15.5 Å². The number of nitrogens with one attached hydrogen (secondary N) is 1. The van der Waals surface area contributed by atoms with Gasteiger partial charge in [0.05, 0.1) is 17.7 Å². The van der Waals surface area contributed by atoms with Crippen molar-refractivity contribution in [2.75, 3.05) is 6.61 Å². The van der Waals surface area contributed by atoms with Gasteiger partial charge in [0, 0.05) is 0 Å². The van der Waals surface area contributed by atoms with E-state index in [1.165, 1.54) is 0 Å². The number of hydrogen-bond acceptors (Lipinski definition) is 3. The van der Waals surface area contributed by atoms with E-state index in [1.807, 2.05) is 0 Å². The molecule has 1 fully saturated rings. The number of para-hydroxylation sites is 1. The number of carbonyl (C=O) groups excluding carboxylic acids is 1. The Hall–Kier alpha value is -1.55. The molecule has 1 aromatic carbocycles. The van der Waals surface area contributed by atoms with Crippen LogP contribution < -0.4 is 5.32 Å². The van der Waals surface area contributed by atoms with Crippen molar-refractivity contribution in [2.24, 2.45) is 0 Å². The van der Waals surface area contributed by atoms with Crippen molar-refractivity contribution in [3.05, 3.63) is 29.3 Å². The van der Waals surface area contributed by atoms with Gasteiger partial charge in [-0.2, -0.15) is 0 Å². The molecular weight excluding hydrogens is 242 g/mol. The zero-order valence-corrected chi connectivity index (χ0v) is 11.3. The van der Waals surface area contributed by atoms with Crippen LogP contribution in [0.25, 0.3) is 0 Å². The highest BCUT2D eigenvalue weighted by molar-refractivity contribution is 5.97. The van der Waals surface area contributed by atoms with E-state index < -0.39 is 5.54 Å². The first kappa shape index (κ1) is 13.9. The Labute approximate surface area is 113 Å². The van der Waals surface area contributed by atoms with Gasteiger partial charge in [-0.05, 0) is 31.4 Å². The standard InChI is InChI=1S/C15H21NO3/c1-11-6-5-7-12(13(11)18)14(19)16-15(10-17)8-3-2-4-9-15/h5-7,17-18H,2-4,8-10H2,1H3,(H,16,19). The van der Waals surface area contributed by atoms with Crippen molar-refractivity contribution in [1.29, 1.82) is 0 Å². The lowest BCUT2D eigenvalue weighted by Crippen LogP contribution is -2.52. The molecule has 19 heavy (non-hydrogen) atoms. The van der Waals surface area contributed by atoms with Gasteiger partial charge in [-0.25, -0.2) is 0 Å². The van der Waals surface area contributed by atoms with E-state index >= 15 is 0 Å². The number of hydrogen-bond donors (Lipinski definition) is 3. The van der Waals surface area contributed by atoms with Crippen LogP contribution in [0.3, 0.4) is 0 Å². The molecule has 0 spiro atoms. The third kappa shape index (κ3) is 2.89.